The van der Waals surface area contributed by atoms with Crippen molar-refractivity contribution in [3.8, 4) is 16.9 Å². The number of hydrogen-bond acceptors (Lipinski definition) is 4. The van der Waals surface area contributed by atoms with Gasteiger partial charge in [0.05, 0.1) is 17.1 Å². The first-order valence-electron chi connectivity index (χ1n) is 8.11. The first-order valence-corrected chi connectivity index (χ1v) is 8.49. The summed E-state index contributed by atoms with van der Waals surface area (Å²) in [7, 11) is 0. The van der Waals surface area contributed by atoms with Crippen LogP contribution in [-0.2, 0) is 0 Å². The second-order valence-corrected chi connectivity index (χ2v) is 6.42. The summed E-state index contributed by atoms with van der Waals surface area (Å²) in [6.07, 6.45) is 6.26. The van der Waals surface area contributed by atoms with E-state index in [4.69, 9.17) is 16.6 Å². The molecular weight excluding hydrogens is 322 g/mol. The van der Waals surface area contributed by atoms with E-state index < -0.39 is 0 Å². The van der Waals surface area contributed by atoms with Crippen molar-refractivity contribution in [1.29, 1.82) is 0 Å². The van der Waals surface area contributed by atoms with Gasteiger partial charge in [0, 0.05) is 36.1 Å². The van der Waals surface area contributed by atoms with Crippen LogP contribution in [0.4, 0.5) is 5.95 Å². The van der Waals surface area contributed by atoms with Gasteiger partial charge in [0.1, 0.15) is 0 Å². The molecule has 0 aliphatic carbocycles. The van der Waals surface area contributed by atoms with E-state index in [1.165, 1.54) is 12.8 Å². The molecule has 1 aliphatic rings. The average Bonchev–Trinajstić information content (AvgIpc) is 3.25. The Labute approximate surface area is 145 Å². The maximum atomic E-state index is 5.96. The molecule has 0 unspecified atom stereocenters. The number of rotatable bonds is 3. The van der Waals surface area contributed by atoms with Crippen molar-refractivity contribution >= 4 is 17.5 Å². The molecular formula is C18H18ClN5. The lowest BCUT2D eigenvalue weighted by atomic mass is 10.2. The predicted octanol–water partition coefficient (Wildman–Crippen LogP) is 3.89. The largest absolute Gasteiger partial charge is 0.341 e. The fourth-order valence-electron chi connectivity index (χ4n) is 3.01. The highest BCUT2D eigenvalue weighted by Crippen LogP contribution is 2.25. The van der Waals surface area contributed by atoms with E-state index in [2.05, 4.69) is 15.0 Å². The van der Waals surface area contributed by atoms with E-state index in [-0.39, 0.29) is 0 Å². The van der Waals surface area contributed by atoms with Gasteiger partial charge in [-0.05, 0) is 50.1 Å². The summed E-state index contributed by atoms with van der Waals surface area (Å²) in [6.45, 7) is 4.07. The molecule has 3 aromatic rings. The molecule has 1 saturated heterocycles. The number of nitrogens with zero attached hydrogens (tertiary/aromatic N) is 5. The minimum Gasteiger partial charge on any atom is -0.341 e. The van der Waals surface area contributed by atoms with Crippen molar-refractivity contribution in [2.75, 3.05) is 18.0 Å². The van der Waals surface area contributed by atoms with Crippen molar-refractivity contribution in [2.45, 2.75) is 19.8 Å². The quantitative estimate of drug-likeness (QED) is 0.726. The monoisotopic (exact) mass is 339 g/mol. The van der Waals surface area contributed by atoms with Gasteiger partial charge < -0.3 is 4.90 Å². The maximum absolute atomic E-state index is 5.96. The standard InChI is InChI=1S/C18H18ClN5/c1-13-16(12-24(22-13)15-6-4-14(19)5-7-15)17-8-9-20-18(21-17)23-10-2-3-11-23/h4-9,12H,2-3,10-11H2,1H3. The molecule has 0 N–H and O–H groups in total. The van der Waals surface area contributed by atoms with Crippen LogP contribution in [0.15, 0.2) is 42.7 Å². The molecule has 0 saturated carbocycles. The Balaban J connectivity index is 1.69. The van der Waals surface area contributed by atoms with Crippen molar-refractivity contribution in [1.82, 2.24) is 19.7 Å². The fraction of sp³-hybridized carbons (Fsp3) is 0.278. The summed E-state index contributed by atoms with van der Waals surface area (Å²) in [5, 5.41) is 5.33. The number of aryl methyl sites for hydroxylation is 1. The molecule has 1 fully saturated rings. The van der Waals surface area contributed by atoms with Crippen molar-refractivity contribution in [2.24, 2.45) is 0 Å². The summed E-state index contributed by atoms with van der Waals surface area (Å²) in [6, 6.07) is 9.58. The van der Waals surface area contributed by atoms with Gasteiger partial charge in [-0.25, -0.2) is 14.6 Å². The summed E-state index contributed by atoms with van der Waals surface area (Å²) < 4.78 is 1.86. The van der Waals surface area contributed by atoms with Gasteiger partial charge in [0.2, 0.25) is 5.95 Å². The second-order valence-electron chi connectivity index (χ2n) is 5.99. The Kier molecular flexibility index (Phi) is 3.94. The van der Waals surface area contributed by atoms with E-state index in [1.807, 2.05) is 54.3 Å². The number of anilines is 1. The lowest BCUT2D eigenvalue weighted by molar-refractivity contribution is 0.863. The highest BCUT2D eigenvalue weighted by Gasteiger charge is 2.17. The zero-order valence-corrected chi connectivity index (χ0v) is 14.2. The molecule has 0 spiro atoms. The van der Waals surface area contributed by atoms with Gasteiger partial charge in [0.15, 0.2) is 0 Å². The van der Waals surface area contributed by atoms with Crippen LogP contribution in [0.2, 0.25) is 5.02 Å². The highest BCUT2D eigenvalue weighted by molar-refractivity contribution is 6.30. The molecule has 0 atom stereocenters. The Hall–Kier alpha value is -2.40. The minimum absolute atomic E-state index is 0.717. The van der Waals surface area contributed by atoms with Gasteiger partial charge in [-0.2, -0.15) is 5.10 Å². The van der Waals surface area contributed by atoms with Crippen LogP contribution in [0.3, 0.4) is 0 Å². The van der Waals surface area contributed by atoms with Gasteiger partial charge in [-0.1, -0.05) is 11.6 Å². The SMILES string of the molecule is Cc1nn(-c2ccc(Cl)cc2)cc1-c1ccnc(N2CCCC2)n1. The molecule has 3 heterocycles. The Morgan fingerprint density at radius 2 is 1.79 bits per heavy atom. The maximum Gasteiger partial charge on any atom is 0.225 e. The topological polar surface area (TPSA) is 46.8 Å². The van der Waals surface area contributed by atoms with Crippen LogP contribution in [0.25, 0.3) is 16.9 Å². The van der Waals surface area contributed by atoms with Crippen LogP contribution in [-0.4, -0.2) is 32.8 Å². The molecule has 2 aromatic heterocycles. The third-order valence-electron chi connectivity index (χ3n) is 4.30. The highest BCUT2D eigenvalue weighted by atomic mass is 35.5. The van der Waals surface area contributed by atoms with E-state index in [1.54, 1.807) is 0 Å². The molecule has 122 valence electrons. The molecule has 1 aromatic carbocycles. The second kappa shape index (κ2) is 6.24. The molecule has 5 nitrogen and oxygen atoms in total. The number of halogens is 1. The fourth-order valence-corrected chi connectivity index (χ4v) is 3.13. The molecule has 0 radical (unpaired) electrons. The lowest BCUT2D eigenvalue weighted by Crippen LogP contribution is -2.20. The van der Waals surface area contributed by atoms with Gasteiger partial charge in [-0.15, -0.1) is 0 Å². The zero-order chi connectivity index (χ0) is 16.5. The van der Waals surface area contributed by atoms with Crippen LogP contribution in [0, 0.1) is 6.92 Å². The zero-order valence-electron chi connectivity index (χ0n) is 13.5. The van der Waals surface area contributed by atoms with Crippen LogP contribution < -0.4 is 4.90 Å². The first kappa shape index (κ1) is 15.1. The lowest BCUT2D eigenvalue weighted by Gasteiger charge is -2.15. The summed E-state index contributed by atoms with van der Waals surface area (Å²) >= 11 is 5.96. The van der Waals surface area contributed by atoms with Gasteiger partial charge >= 0.3 is 0 Å². The number of aromatic nitrogens is 4. The molecule has 4 rings (SSSR count). The van der Waals surface area contributed by atoms with Gasteiger partial charge in [-0.3, -0.25) is 0 Å². The molecule has 1 aliphatic heterocycles. The predicted molar refractivity (Wildman–Crippen MR) is 95.8 cm³/mol. The first-order chi connectivity index (χ1) is 11.7. The Morgan fingerprint density at radius 3 is 2.54 bits per heavy atom. The van der Waals surface area contributed by atoms with E-state index >= 15 is 0 Å². The summed E-state index contributed by atoms with van der Waals surface area (Å²) in [4.78, 5) is 11.4. The smallest absolute Gasteiger partial charge is 0.225 e. The van der Waals surface area contributed by atoms with Gasteiger partial charge in [0.25, 0.3) is 0 Å². The van der Waals surface area contributed by atoms with E-state index in [9.17, 15) is 0 Å². The Morgan fingerprint density at radius 1 is 1.04 bits per heavy atom. The number of hydrogen-bond donors (Lipinski definition) is 0. The summed E-state index contributed by atoms with van der Waals surface area (Å²) in [5.74, 6) is 0.809. The molecule has 6 heteroatoms. The summed E-state index contributed by atoms with van der Waals surface area (Å²) in [5.41, 5.74) is 3.84. The molecule has 0 amide bonds. The third-order valence-corrected chi connectivity index (χ3v) is 4.55. The minimum atomic E-state index is 0.717. The van der Waals surface area contributed by atoms with Crippen molar-refractivity contribution < 1.29 is 0 Å². The average molecular weight is 340 g/mol. The van der Waals surface area contributed by atoms with Crippen LogP contribution in [0.5, 0.6) is 0 Å². The normalized spacial score (nSPS) is 14.3. The van der Waals surface area contributed by atoms with Crippen LogP contribution in [0.1, 0.15) is 18.5 Å². The molecule has 24 heavy (non-hydrogen) atoms. The van der Waals surface area contributed by atoms with E-state index in [0.29, 0.717) is 5.02 Å². The van der Waals surface area contributed by atoms with Crippen molar-refractivity contribution in [3.05, 3.63) is 53.4 Å². The molecule has 0 bridgehead atoms. The Bertz CT molecular complexity index is 850. The van der Waals surface area contributed by atoms with E-state index in [0.717, 1.165) is 41.7 Å². The third kappa shape index (κ3) is 2.87. The van der Waals surface area contributed by atoms with Crippen molar-refractivity contribution in [3.63, 3.8) is 0 Å². The number of benzene rings is 1. The van der Waals surface area contributed by atoms with Crippen LogP contribution >= 0.6 is 11.6 Å².